The second kappa shape index (κ2) is 28.3. The number of fused-ring (bicyclic) bond motifs is 2. The number of aliphatic imine (C=N–C) groups is 2. The summed E-state index contributed by atoms with van der Waals surface area (Å²) in [5, 5.41) is 44.0. The van der Waals surface area contributed by atoms with Gasteiger partial charge in [0.15, 0.2) is 11.9 Å². The van der Waals surface area contributed by atoms with E-state index in [-0.39, 0.29) is 102 Å². The average Bonchev–Trinajstić information content (AvgIpc) is 4.33. The number of hydrogen-bond acceptors (Lipinski definition) is 15. The van der Waals surface area contributed by atoms with Gasteiger partial charge in [0, 0.05) is 62.9 Å². The summed E-state index contributed by atoms with van der Waals surface area (Å²) in [5.41, 5.74) is 29.4. The Morgan fingerprint density at radius 2 is 1.38 bits per heavy atom. The molecule has 28 heteroatoms. The van der Waals surface area contributed by atoms with E-state index in [2.05, 4.69) is 31.3 Å². The molecule has 81 heavy (non-hydrogen) atoms. The molecule has 4 fully saturated rings. The van der Waals surface area contributed by atoms with E-state index in [1.807, 2.05) is 12.1 Å². The Morgan fingerprint density at radius 1 is 0.704 bits per heavy atom. The number of nitrogens with zero attached hydrogens (tertiary/aromatic N) is 6. The number of carboxylic acids is 1. The minimum atomic E-state index is -1.60. The number of nitrogens with two attached hydrogens (primary N) is 5. The minimum Gasteiger partial charge on any atom is -0.480 e. The highest BCUT2D eigenvalue weighted by atomic mass is 32.1. The molecule has 1 aliphatic carbocycles. The van der Waals surface area contributed by atoms with E-state index in [9.17, 15) is 58.5 Å². The first kappa shape index (κ1) is 61.2. The molecule has 1 saturated carbocycles. The summed E-state index contributed by atoms with van der Waals surface area (Å²) in [6.45, 7) is -1.39. The van der Waals surface area contributed by atoms with Crippen molar-refractivity contribution < 1.29 is 58.5 Å². The number of hydrogen-bond donors (Lipinski definition) is 12. The smallest absolute Gasteiger partial charge is 0.326 e. The van der Waals surface area contributed by atoms with Crippen LogP contribution in [-0.2, 0) is 62.5 Å². The molecule has 0 spiro atoms. The van der Waals surface area contributed by atoms with E-state index in [4.69, 9.17) is 28.7 Å². The van der Waals surface area contributed by atoms with Crippen LogP contribution in [-0.4, -0.2) is 200 Å². The minimum absolute atomic E-state index is 0.00885. The first-order valence-electron chi connectivity index (χ1n) is 27.6. The van der Waals surface area contributed by atoms with Crippen LogP contribution in [0.15, 0.2) is 51.8 Å². The molecule has 8 amide bonds. The Labute approximate surface area is 472 Å². The third kappa shape index (κ3) is 15.5. The lowest BCUT2D eigenvalue weighted by Crippen LogP contribution is -2.62. The highest BCUT2D eigenvalue weighted by Crippen LogP contribution is 2.41. The fourth-order valence-corrected chi connectivity index (χ4v) is 12.6. The Balaban J connectivity index is 0.998. The number of amides is 8. The molecule has 17 N–H and O–H groups in total. The number of carbonyl (C=O) groups excluding carboxylic acids is 8. The van der Waals surface area contributed by atoms with Crippen molar-refractivity contribution in [2.75, 3.05) is 39.3 Å². The topological polar surface area (TPSA) is 430 Å². The number of carbonyl (C=O) groups is 9. The molecule has 7 rings (SSSR count). The van der Waals surface area contributed by atoms with Crippen molar-refractivity contribution >= 4 is 76.5 Å². The number of β-amino-alcohol motifs (C(OH)–C–C–N with tert-alkyl or cyclic N) is 1. The van der Waals surface area contributed by atoms with E-state index in [0.717, 1.165) is 35.3 Å². The number of guanidine groups is 2. The van der Waals surface area contributed by atoms with Crippen molar-refractivity contribution in [3.8, 4) is 0 Å². The fourth-order valence-electron chi connectivity index (χ4n) is 11.8. The highest BCUT2D eigenvalue weighted by molar-refractivity contribution is 7.09. The monoisotopic (exact) mass is 1150 g/mol. The molecule has 442 valence electrons. The fraction of sp³-hybridized carbons (Fsp3) is 0.604. The van der Waals surface area contributed by atoms with Crippen LogP contribution in [0.1, 0.15) is 93.1 Å². The average molecular weight is 1150 g/mol. The standard InChI is InChI=1S/C53H77N15O12S/c54-34(13-5-17-59-52(55)56)44(72)63-35(14-6-18-60-53(57)58)47(75)65-19-7-16-39(65)49(77)67-27-32(70)23-40(67)46(74)61-25-43(71)62-36(24-33-12-8-20-81-33)45(73)64-37(28-69)48(76)66-26-31-11-2-1-9-29(31)21-41(66)50(78)68-38-15-4-3-10-30(38)22-42(68)51(79)80/h1-2,8-9,11-12,20,30,32,34-42,69-70H,3-7,10,13-19,21-28,54H2,(H,61,74)(H,62,71)(H,63,72)(H,64,73)(H,79,80)(H4,55,56,59)(H4,57,58,60)/t30-,32+,34-,35-,36-,37-,38-,39-,40-,41+,42-/m0/s1. The Morgan fingerprint density at radius 3 is 2.06 bits per heavy atom. The Hall–Kier alpha value is -7.43. The number of benzene rings is 1. The van der Waals surface area contributed by atoms with Crippen molar-refractivity contribution in [1.29, 1.82) is 0 Å². The molecule has 1 aromatic heterocycles. The molecule has 3 saturated heterocycles. The third-order valence-corrected chi connectivity index (χ3v) is 16.8. The van der Waals surface area contributed by atoms with E-state index < -0.39 is 121 Å². The van der Waals surface area contributed by atoms with Gasteiger partial charge in [0.2, 0.25) is 47.3 Å². The normalized spacial score (nSPS) is 23.6. The summed E-state index contributed by atoms with van der Waals surface area (Å²) in [5.74, 6) is -7.03. The van der Waals surface area contributed by atoms with Gasteiger partial charge in [-0.25, -0.2) is 4.79 Å². The predicted octanol–water partition coefficient (Wildman–Crippen LogP) is -3.56. The molecule has 2 aromatic rings. The number of aliphatic hydroxyl groups is 2. The number of likely N-dealkylation sites (tertiary alicyclic amines) is 3. The molecule has 0 bridgehead atoms. The SMILES string of the molecule is NC(N)=NCCC[C@H](NC(=O)[C@@H](N)CCCN=C(N)N)C(=O)N1CCC[C@H]1C(=O)N1C[C@H](O)C[C@H]1C(=O)NCC(=O)N[C@@H](Cc1cccs1)C(=O)N[C@@H](CO)C(=O)N1Cc2ccccc2C[C@@H]1C(=O)N1[C@H](C(=O)O)C[C@@H]2CCCC[C@@H]21. The van der Waals surface area contributed by atoms with Gasteiger partial charge in [0.1, 0.15) is 42.3 Å². The van der Waals surface area contributed by atoms with Crippen LogP contribution in [0.5, 0.6) is 0 Å². The van der Waals surface area contributed by atoms with Crippen LogP contribution in [0.4, 0.5) is 0 Å². The zero-order chi connectivity index (χ0) is 58.5. The molecule has 11 atom stereocenters. The van der Waals surface area contributed by atoms with Crippen LogP contribution in [0.25, 0.3) is 0 Å². The number of aliphatic hydroxyl groups excluding tert-OH is 2. The number of rotatable bonds is 24. The van der Waals surface area contributed by atoms with Gasteiger partial charge in [0.25, 0.3) is 0 Å². The first-order valence-corrected chi connectivity index (χ1v) is 28.5. The summed E-state index contributed by atoms with van der Waals surface area (Å²) in [6.07, 6.45) is 3.72. The molecule has 5 heterocycles. The van der Waals surface area contributed by atoms with Crippen molar-refractivity contribution in [1.82, 2.24) is 40.9 Å². The third-order valence-electron chi connectivity index (χ3n) is 15.9. The summed E-state index contributed by atoms with van der Waals surface area (Å²) < 4.78 is 0. The quantitative estimate of drug-likeness (QED) is 0.0275. The van der Waals surface area contributed by atoms with Gasteiger partial charge in [-0.05, 0) is 86.3 Å². The molecule has 0 radical (unpaired) electrons. The summed E-state index contributed by atoms with van der Waals surface area (Å²) in [4.78, 5) is 140. The van der Waals surface area contributed by atoms with Crippen molar-refractivity contribution in [3.63, 3.8) is 0 Å². The van der Waals surface area contributed by atoms with Crippen LogP contribution in [0.2, 0.25) is 0 Å². The number of aliphatic carboxylic acids is 1. The zero-order valence-electron chi connectivity index (χ0n) is 45.2. The lowest BCUT2D eigenvalue weighted by molar-refractivity contribution is -0.156. The first-order chi connectivity index (χ1) is 38.8. The Kier molecular flexibility index (Phi) is 21.4. The van der Waals surface area contributed by atoms with Crippen molar-refractivity contribution in [3.05, 3.63) is 57.8 Å². The molecule has 27 nitrogen and oxygen atoms in total. The van der Waals surface area contributed by atoms with Gasteiger partial charge >= 0.3 is 5.97 Å². The molecule has 5 aliphatic rings. The number of carboxylic acid groups (broad SMARTS) is 1. The summed E-state index contributed by atoms with van der Waals surface area (Å²) >= 11 is 1.29. The molecule has 0 unspecified atom stereocenters. The summed E-state index contributed by atoms with van der Waals surface area (Å²) in [6, 6.07) is 0.733. The van der Waals surface area contributed by atoms with Gasteiger partial charge in [-0.15, -0.1) is 11.3 Å². The largest absolute Gasteiger partial charge is 0.480 e. The van der Waals surface area contributed by atoms with Gasteiger partial charge in [-0.1, -0.05) is 43.2 Å². The number of thiophene rings is 1. The molecular weight excluding hydrogens is 1070 g/mol. The highest BCUT2D eigenvalue weighted by Gasteiger charge is 2.52. The van der Waals surface area contributed by atoms with E-state index in [1.165, 1.54) is 26.0 Å². The van der Waals surface area contributed by atoms with E-state index in [1.54, 1.807) is 29.6 Å². The van der Waals surface area contributed by atoms with E-state index in [0.29, 0.717) is 30.6 Å². The molecule has 4 aliphatic heterocycles. The second-order valence-electron chi connectivity index (χ2n) is 21.4. The lowest BCUT2D eigenvalue weighted by atomic mass is 9.84. The molecule has 1 aromatic carbocycles. The van der Waals surface area contributed by atoms with Crippen LogP contribution in [0, 0.1) is 5.92 Å². The van der Waals surface area contributed by atoms with Gasteiger partial charge in [-0.3, -0.25) is 48.3 Å². The maximum atomic E-state index is 14.7. The second-order valence-corrected chi connectivity index (χ2v) is 22.5. The lowest BCUT2D eigenvalue weighted by Gasteiger charge is -2.42. The van der Waals surface area contributed by atoms with Gasteiger partial charge in [0.05, 0.1) is 25.3 Å². The maximum Gasteiger partial charge on any atom is 0.326 e. The van der Waals surface area contributed by atoms with Crippen molar-refractivity contribution in [2.45, 2.75) is 157 Å². The Bertz CT molecular complexity index is 2670. The predicted molar refractivity (Wildman–Crippen MR) is 296 cm³/mol. The number of nitrogens with one attached hydrogen (secondary N) is 4. The van der Waals surface area contributed by atoms with Gasteiger partial charge < -0.3 is 84.9 Å². The van der Waals surface area contributed by atoms with E-state index >= 15 is 0 Å². The van der Waals surface area contributed by atoms with Gasteiger partial charge in [-0.2, -0.15) is 0 Å². The van der Waals surface area contributed by atoms with Crippen LogP contribution < -0.4 is 49.9 Å². The maximum absolute atomic E-state index is 14.7. The summed E-state index contributed by atoms with van der Waals surface area (Å²) in [7, 11) is 0. The van der Waals surface area contributed by atoms with Crippen molar-refractivity contribution in [2.24, 2.45) is 44.6 Å². The zero-order valence-corrected chi connectivity index (χ0v) is 46.1. The van der Waals surface area contributed by atoms with Crippen LogP contribution >= 0.6 is 11.3 Å². The van der Waals surface area contributed by atoms with Crippen LogP contribution in [0.3, 0.4) is 0 Å². The molecular formula is C53H77N15O12S.